The first kappa shape index (κ1) is 11.6. The molecule has 0 bridgehead atoms. The molecule has 0 aromatic heterocycles. The highest BCUT2D eigenvalue weighted by Gasteiger charge is 2.22. The lowest BCUT2D eigenvalue weighted by Gasteiger charge is -2.23. The van der Waals surface area contributed by atoms with Crippen molar-refractivity contribution in [1.29, 1.82) is 0 Å². The Morgan fingerprint density at radius 1 is 1.40 bits per heavy atom. The average molecular weight is 208 g/mol. The standard InChI is InChI=1S/C12H16O3/c1-4-12(2,3)15-11(14)9-7-5-6-8-10(9)13/h5-8,13H,4H2,1-3H3. The van der Waals surface area contributed by atoms with Crippen molar-refractivity contribution >= 4 is 5.97 Å². The molecule has 1 rings (SSSR count). The van der Waals surface area contributed by atoms with Crippen LogP contribution in [0, 0.1) is 0 Å². The van der Waals surface area contributed by atoms with Crippen molar-refractivity contribution in [2.75, 3.05) is 0 Å². The van der Waals surface area contributed by atoms with Crippen molar-refractivity contribution in [3.8, 4) is 5.75 Å². The third-order valence-corrected chi connectivity index (χ3v) is 2.34. The summed E-state index contributed by atoms with van der Waals surface area (Å²) in [7, 11) is 0. The van der Waals surface area contributed by atoms with E-state index in [0.717, 1.165) is 6.42 Å². The van der Waals surface area contributed by atoms with Crippen molar-refractivity contribution < 1.29 is 14.6 Å². The number of carbonyl (C=O) groups is 1. The summed E-state index contributed by atoms with van der Waals surface area (Å²) in [6, 6.07) is 6.37. The van der Waals surface area contributed by atoms with E-state index in [9.17, 15) is 9.90 Å². The van der Waals surface area contributed by atoms with E-state index in [0.29, 0.717) is 0 Å². The lowest BCUT2D eigenvalue weighted by atomic mass is 10.1. The summed E-state index contributed by atoms with van der Waals surface area (Å²) in [4.78, 5) is 11.7. The van der Waals surface area contributed by atoms with Gasteiger partial charge in [0.1, 0.15) is 16.9 Å². The number of benzene rings is 1. The fourth-order valence-corrected chi connectivity index (χ4v) is 1.02. The molecule has 82 valence electrons. The molecule has 0 saturated heterocycles. The zero-order valence-corrected chi connectivity index (χ0v) is 9.28. The van der Waals surface area contributed by atoms with E-state index in [-0.39, 0.29) is 11.3 Å². The van der Waals surface area contributed by atoms with Gasteiger partial charge in [0.25, 0.3) is 0 Å². The number of ether oxygens (including phenoxy) is 1. The van der Waals surface area contributed by atoms with Gasteiger partial charge in [-0.15, -0.1) is 0 Å². The molecule has 1 N–H and O–H groups in total. The van der Waals surface area contributed by atoms with Crippen LogP contribution < -0.4 is 0 Å². The van der Waals surface area contributed by atoms with Gasteiger partial charge >= 0.3 is 5.97 Å². The van der Waals surface area contributed by atoms with Gasteiger partial charge in [-0.1, -0.05) is 19.1 Å². The number of phenolic OH excluding ortho intramolecular Hbond substituents is 1. The van der Waals surface area contributed by atoms with Crippen LogP contribution in [0.4, 0.5) is 0 Å². The maximum atomic E-state index is 11.7. The predicted molar refractivity (Wildman–Crippen MR) is 57.9 cm³/mol. The van der Waals surface area contributed by atoms with Crippen molar-refractivity contribution in [1.82, 2.24) is 0 Å². The number of rotatable bonds is 3. The SMILES string of the molecule is CCC(C)(C)OC(=O)c1ccccc1O. The van der Waals surface area contributed by atoms with Crippen molar-refractivity contribution in [2.24, 2.45) is 0 Å². The molecule has 0 aliphatic carbocycles. The van der Waals surface area contributed by atoms with Crippen LogP contribution in [0.25, 0.3) is 0 Å². The van der Waals surface area contributed by atoms with Crippen molar-refractivity contribution in [3.05, 3.63) is 29.8 Å². The Hall–Kier alpha value is -1.51. The maximum absolute atomic E-state index is 11.7. The maximum Gasteiger partial charge on any atom is 0.342 e. The first-order chi connectivity index (χ1) is 6.96. The Balaban J connectivity index is 2.83. The molecule has 0 aliphatic heterocycles. The Kier molecular flexibility index (Phi) is 3.35. The van der Waals surface area contributed by atoms with Crippen LogP contribution in [0.2, 0.25) is 0 Å². The number of carbonyl (C=O) groups excluding carboxylic acids is 1. The van der Waals surface area contributed by atoms with Crippen molar-refractivity contribution in [2.45, 2.75) is 32.8 Å². The molecule has 0 spiro atoms. The average Bonchev–Trinajstić information content (AvgIpc) is 2.17. The molecule has 3 heteroatoms. The highest BCUT2D eigenvalue weighted by Crippen LogP contribution is 2.21. The molecule has 0 saturated carbocycles. The summed E-state index contributed by atoms with van der Waals surface area (Å²) < 4.78 is 5.25. The minimum absolute atomic E-state index is 0.0468. The van der Waals surface area contributed by atoms with Gasteiger partial charge in [0.2, 0.25) is 0 Å². The number of esters is 1. The predicted octanol–water partition coefficient (Wildman–Crippen LogP) is 2.74. The first-order valence-electron chi connectivity index (χ1n) is 4.97. The van der Waals surface area contributed by atoms with E-state index < -0.39 is 11.6 Å². The number of aromatic hydroxyl groups is 1. The third-order valence-electron chi connectivity index (χ3n) is 2.34. The quantitative estimate of drug-likeness (QED) is 0.777. The van der Waals surface area contributed by atoms with E-state index in [2.05, 4.69) is 0 Å². The smallest absolute Gasteiger partial charge is 0.342 e. The molecule has 0 fully saturated rings. The molecule has 0 atom stereocenters. The Morgan fingerprint density at radius 2 is 2.00 bits per heavy atom. The van der Waals surface area contributed by atoms with Gasteiger partial charge in [-0.05, 0) is 32.4 Å². The number of hydrogen-bond acceptors (Lipinski definition) is 3. The number of para-hydroxylation sites is 1. The lowest BCUT2D eigenvalue weighted by Crippen LogP contribution is -2.27. The molecular weight excluding hydrogens is 192 g/mol. The second kappa shape index (κ2) is 4.34. The normalized spacial score (nSPS) is 11.1. The van der Waals surface area contributed by atoms with Gasteiger partial charge < -0.3 is 9.84 Å². The van der Waals surface area contributed by atoms with Gasteiger partial charge in [0.15, 0.2) is 0 Å². The zero-order valence-electron chi connectivity index (χ0n) is 9.28. The van der Waals surface area contributed by atoms with Gasteiger partial charge in [-0.3, -0.25) is 0 Å². The molecule has 0 radical (unpaired) electrons. The molecule has 3 nitrogen and oxygen atoms in total. The molecule has 0 amide bonds. The number of hydrogen-bond donors (Lipinski definition) is 1. The molecule has 0 unspecified atom stereocenters. The largest absolute Gasteiger partial charge is 0.507 e. The molecule has 1 aromatic rings. The minimum atomic E-state index is -0.501. The summed E-state index contributed by atoms with van der Waals surface area (Å²) in [5.41, 5.74) is -0.293. The summed E-state index contributed by atoms with van der Waals surface area (Å²) in [6.07, 6.45) is 0.729. The van der Waals surface area contributed by atoms with Gasteiger partial charge in [0, 0.05) is 0 Å². The summed E-state index contributed by atoms with van der Waals surface area (Å²) in [5, 5.41) is 9.45. The third kappa shape index (κ3) is 2.98. The van der Waals surface area contributed by atoms with Crippen LogP contribution in [0.1, 0.15) is 37.6 Å². The summed E-state index contributed by atoms with van der Waals surface area (Å²) in [5.74, 6) is -0.533. The highest BCUT2D eigenvalue weighted by molar-refractivity contribution is 5.92. The monoisotopic (exact) mass is 208 g/mol. The highest BCUT2D eigenvalue weighted by atomic mass is 16.6. The fourth-order valence-electron chi connectivity index (χ4n) is 1.02. The van der Waals surface area contributed by atoms with Gasteiger partial charge in [-0.25, -0.2) is 4.79 Å². The van der Waals surface area contributed by atoms with Gasteiger partial charge in [-0.2, -0.15) is 0 Å². The topological polar surface area (TPSA) is 46.5 Å². The van der Waals surface area contributed by atoms with Crippen molar-refractivity contribution in [3.63, 3.8) is 0 Å². The summed E-state index contributed by atoms with van der Waals surface area (Å²) >= 11 is 0. The van der Waals surface area contributed by atoms with E-state index in [1.807, 2.05) is 20.8 Å². The van der Waals surface area contributed by atoms with Crippen LogP contribution in [0.5, 0.6) is 5.75 Å². The van der Waals surface area contributed by atoms with Crippen LogP contribution in [-0.4, -0.2) is 16.7 Å². The lowest BCUT2D eigenvalue weighted by molar-refractivity contribution is -0.00268. The molecule has 0 heterocycles. The molecular formula is C12H16O3. The molecule has 1 aromatic carbocycles. The minimum Gasteiger partial charge on any atom is -0.507 e. The Bertz CT molecular complexity index is 356. The fraction of sp³-hybridized carbons (Fsp3) is 0.417. The van der Waals surface area contributed by atoms with Crippen LogP contribution in [-0.2, 0) is 4.74 Å². The van der Waals surface area contributed by atoms with E-state index in [1.165, 1.54) is 6.07 Å². The first-order valence-corrected chi connectivity index (χ1v) is 4.97. The number of phenols is 1. The van der Waals surface area contributed by atoms with E-state index >= 15 is 0 Å². The van der Waals surface area contributed by atoms with Crippen LogP contribution >= 0.6 is 0 Å². The van der Waals surface area contributed by atoms with E-state index in [4.69, 9.17) is 4.74 Å². The summed E-state index contributed by atoms with van der Waals surface area (Å²) in [6.45, 7) is 5.62. The van der Waals surface area contributed by atoms with Crippen LogP contribution in [0.15, 0.2) is 24.3 Å². The Morgan fingerprint density at radius 3 is 2.53 bits per heavy atom. The second-order valence-corrected chi connectivity index (χ2v) is 4.02. The van der Waals surface area contributed by atoms with Crippen LogP contribution in [0.3, 0.4) is 0 Å². The zero-order chi connectivity index (χ0) is 11.5. The Labute approximate surface area is 89.7 Å². The van der Waals surface area contributed by atoms with Gasteiger partial charge in [0.05, 0.1) is 0 Å². The molecule has 0 aliphatic rings. The molecule has 15 heavy (non-hydrogen) atoms. The van der Waals surface area contributed by atoms with E-state index in [1.54, 1.807) is 18.2 Å². The second-order valence-electron chi connectivity index (χ2n) is 4.02.